The Balaban J connectivity index is 2.07. The first kappa shape index (κ1) is 19.2. The second-order valence-corrected chi connectivity index (χ2v) is 5.82. The number of amides is 1. The molecule has 0 fully saturated rings. The van der Waals surface area contributed by atoms with Crippen LogP contribution in [0.5, 0.6) is 11.5 Å². The molecular weight excluding hydrogens is 336 g/mol. The largest absolute Gasteiger partial charge is 0.496 e. The number of carbonyl (C=O) groups is 1. The van der Waals surface area contributed by atoms with Crippen LogP contribution in [0.25, 0.3) is 0 Å². The van der Waals surface area contributed by atoms with Crippen molar-refractivity contribution < 1.29 is 19.2 Å². The molecule has 0 aliphatic carbocycles. The molecule has 0 saturated heterocycles. The van der Waals surface area contributed by atoms with E-state index in [1.165, 1.54) is 19.2 Å². The van der Waals surface area contributed by atoms with Gasteiger partial charge in [-0.15, -0.1) is 0 Å². The van der Waals surface area contributed by atoms with Crippen molar-refractivity contribution in [2.75, 3.05) is 19.0 Å². The van der Waals surface area contributed by atoms with Crippen molar-refractivity contribution >= 4 is 17.3 Å². The monoisotopic (exact) mass is 358 g/mol. The molecule has 2 rings (SSSR count). The first-order valence-corrected chi connectivity index (χ1v) is 8.30. The fourth-order valence-electron chi connectivity index (χ4n) is 2.48. The molecule has 0 aromatic heterocycles. The highest BCUT2D eigenvalue weighted by Crippen LogP contribution is 2.31. The molecule has 138 valence electrons. The summed E-state index contributed by atoms with van der Waals surface area (Å²) in [5.41, 5.74) is 1.51. The summed E-state index contributed by atoms with van der Waals surface area (Å²) in [5.74, 6) is 0.276. The van der Waals surface area contributed by atoms with Crippen molar-refractivity contribution in [1.82, 2.24) is 0 Å². The van der Waals surface area contributed by atoms with Crippen LogP contribution in [0.3, 0.4) is 0 Å². The van der Waals surface area contributed by atoms with E-state index in [1.807, 2.05) is 24.3 Å². The van der Waals surface area contributed by atoms with Crippen molar-refractivity contribution in [3.63, 3.8) is 0 Å². The zero-order valence-electron chi connectivity index (χ0n) is 15.0. The van der Waals surface area contributed by atoms with E-state index < -0.39 is 4.92 Å². The van der Waals surface area contributed by atoms with Crippen molar-refractivity contribution in [3.05, 3.63) is 58.1 Å². The number of nitro groups is 1. The lowest BCUT2D eigenvalue weighted by Gasteiger charge is -2.15. The molecule has 2 aromatic rings. The number of para-hydroxylation sites is 1. The molecule has 0 aliphatic heterocycles. The van der Waals surface area contributed by atoms with Gasteiger partial charge in [-0.05, 0) is 36.1 Å². The molecule has 1 amide bonds. The van der Waals surface area contributed by atoms with E-state index >= 15 is 0 Å². The topological polar surface area (TPSA) is 90.7 Å². The minimum Gasteiger partial charge on any atom is -0.496 e. The molecule has 0 radical (unpaired) electrons. The first-order chi connectivity index (χ1) is 12.5. The Morgan fingerprint density at radius 2 is 2.00 bits per heavy atom. The van der Waals surface area contributed by atoms with Crippen LogP contribution in [-0.2, 0) is 4.79 Å². The van der Waals surface area contributed by atoms with Crippen LogP contribution >= 0.6 is 0 Å². The number of rotatable bonds is 8. The van der Waals surface area contributed by atoms with Crippen LogP contribution in [-0.4, -0.2) is 24.5 Å². The summed E-state index contributed by atoms with van der Waals surface area (Å²) in [7, 11) is 1.42. The number of nitrogens with one attached hydrogen (secondary N) is 1. The fraction of sp³-hybridized carbons (Fsp3) is 0.316. The highest BCUT2D eigenvalue weighted by atomic mass is 16.6. The SMILES string of the molecule is CC[C@@H](C)c1ccccc1NC(=O)COc1ccc(OC)cc1[N+](=O)[O-]. The third-order valence-electron chi connectivity index (χ3n) is 4.10. The normalized spacial score (nSPS) is 11.5. The first-order valence-electron chi connectivity index (χ1n) is 8.30. The van der Waals surface area contributed by atoms with Crippen LogP contribution in [0.15, 0.2) is 42.5 Å². The lowest BCUT2D eigenvalue weighted by Crippen LogP contribution is -2.21. The number of methoxy groups -OCH3 is 1. The third kappa shape index (κ3) is 4.72. The second kappa shape index (κ2) is 8.84. The summed E-state index contributed by atoms with van der Waals surface area (Å²) in [6, 6.07) is 11.8. The summed E-state index contributed by atoms with van der Waals surface area (Å²) in [6.07, 6.45) is 0.946. The van der Waals surface area contributed by atoms with Crippen molar-refractivity contribution in [2.24, 2.45) is 0 Å². The number of anilines is 1. The van der Waals surface area contributed by atoms with Gasteiger partial charge >= 0.3 is 5.69 Å². The Hall–Kier alpha value is -3.09. The van der Waals surface area contributed by atoms with E-state index in [-0.39, 0.29) is 24.0 Å². The zero-order chi connectivity index (χ0) is 19.1. The van der Waals surface area contributed by atoms with Gasteiger partial charge < -0.3 is 14.8 Å². The average molecular weight is 358 g/mol. The van der Waals surface area contributed by atoms with E-state index in [4.69, 9.17) is 9.47 Å². The number of carbonyl (C=O) groups excluding carboxylic acids is 1. The van der Waals surface area contributed by atoms with Crippen LogP contribution in [0, 0.1) is 10.1 Å². The minimum atomic E-state index is -0.575. The number of ether oxygens (including phenoxy) is 2. The number of nitrogens with zero attached hydrogens (tertiary/aromatic N) is 1. The molecule has 0 saturated carbocycles. The molecule has 7 nitrogen and oxygen atoms in total. The van der Waals surface area contributed by atoms with E-state index in [0.717, 1.165) is 17.7 Å². The molecule has 1 N–H and O–H groups in total. The highest BCUT2D eigenvalue weighted by Gasteiger charge is 2.18. The molecule has 2 aromatic carbocycles. The van der Waals surface area contributed by atoms with E-state index in [1.54, 1.807) is 6.07 Å². The summed E-state index contributed by atoms with van der Waals surface area (Å²) in [5, 5.41) is 14.0. The lowest BCUT2D eigenvalue weighted by atomic mass is 9.97. The Morgan fingerprint density at radius 3 is 2.65 bits per heavy atom. The Labute approximate surface area is 152 Å². The van der Waals surface area contributed by atoms with Gasteiger partial charge in [-0.2, -0.15) is 0 Å². The Bertz CT molecular complexity index is 791. The second-order valence-electron chi connectivity index (χ2n) is 5.82. The predicted octanol–water partition coefficient (Wildman–Crippen LogP) is 4.13. The van der Waals surface area contributed by atoms with Gasteiger partial charge in [0.15, 0.2) is 12.4 Å². The van der Waals surface area contributed by atoms with Gasteiger partial charge in [0.05, 0.1) is 18.1 Å². The quantitative estimate of drug-likeness (QED) is 0.566. The van der Waals surface area contributed by atoms with Crippen molar-refractivity contribution in [1.29, 1.82) is 0 Å². The predicted molar refractivity (Wildman–Crippen MR) is 98.9 cm³/mol. The van der Waals surface area contributed by atoms with Gasteiger partial charge in [0.1, 0.15) is 5.75 Å². The number of benzene rings is 2. The summed E-state index contributed by atoms with van der Waals surface area (Å²) >= 11 is 0. The number of hydrogen-bond donors (Lipinski definition) is 1. The molecule has 26 heavy (non-hydrogen) atoms. The molecular formula is C19H22N2O5. The maximum Gasteiger partial charge on any atom is 0.314 e. The summed E-state index contributed by atoms with van der Waals surface area (Å²) in [4.78, 5) is 22.8. The highest BCUT2D eigenvalue weighted by molar-refractivity contribution is 5.92. The lowest BCUT2D eigenvalue weighted by molar-refractivity contribution is -0.385. The van der Waals surface area contributed by atoms with Gasteiger partial charge in [-0.1, -0.05) is 32.0 Å². The molecule has 1 atom stereocenters. The molecule has 0 unspecified atom stereocenters. The average Bonchev–Trinajstić information content (AvgIpc) is 2.65. The Morgan fingerprint density at radius 1 is 1.27 bits per heavy atom. The third-order valence-corrected chi connectivity index (χ3v) is 4.10. The molecule has 0 bridgehead atoms. The summed E-state index contributed by atoms with van der Waals surface area (Å²) < 4.78 is 10.3. The van der Waals surface area contributed by atoms with Crippen molar-refractivity contribution in [3.8, 4) is 11.5 Å². The van der Waals surface area contributed by atoms with E-state index in [0.29, 0.717) is 11.7 Å². The number of hydrogen-bond acceptors (Lipinski definition) is 5. The van der Waals surface area contributed by atoms with Crippen LogP contribution < -0.4 is 14.8 Å². The number of nitro benzene ring substituents is 1. The standard InChI is InChI=1S/C19H22N2O5/c1-4-13(2)15-7-5-6-8-16(15)20-19(22)12-26-18-10-9-14(25-3)11-17(18)21(23)24/h5-11,13H,4,12H2,1-3H3,(H,20,22)/t13-/m1/s1. The van der Waals surface area contributed by atoms with Crippen LogP contribution in [0.2, 0.25) is 0 Å². The zero-order valence-corrected chi connectivity index (χ0v) is 15.0. The van der Waals surface area contributed by atoms with E-state index in [2.05, 4.69) is 19.2 Å². The summed E-state index contributed by atoms with van der Waals surface area (Å²) in [6.45, 7) is 3.83. The van der Waals surface area contributed by atoms with Gasteiger partial charge in [0.25, 0.3) is 5.91 Å². The van der Waals surface area contributed by atoms with Gasteiger partial charge in [-0.3, -0.25) is 14.9 Å². The molecule has 7 heteroatoms. The van der Waals surface area contributed by atoms with Crippen LogP contribution in [0.1, 0.15) is 31.7 Å². The van der Waals surface area contributed by atoms with E-state index in [9.17, 15) is 14.9 Å². The maximum atomic E-state index is 12.2. The van der Waals surface area contributed by atoms with Crippen molar-refractivity contribution in [2.45, 2.75) is 26.2 Å². The maximum absolute atomic E-state index is 12.2. The van der Waals surface area contributed by atoms with Crippen LogP contribution in [0.4, 0.5) is 11.4 Å². The molecule has 0 heterocycles. The minimum absolute atomic E-state index is 0.0150. The fourth-order valence-corrected chi connectivity index (χ4v) is 2.48. The Kier molecular flexibility index (Phi) is 6.54. The van der Waals surface area contributed by atoms with Gasteiger partial charge in [0, 0.05) is 5.69 Å². The smallest absolute Gasteiger partial charge is 0.314 e. The van der Waals surface area contributed by atoms with Gasteiger partial charge in [0.2, 0.25) is 0 Å². The van der Waals surface area contributed by atoms with Gasteiger partial charge in [-0.25, -0.2) is 0 Å². The molecule has 0 aliphatic rings. The molecule has 0 spiro atoms.